The molecular weight excluding hydrogens is 370 g/mol. The van der Waals surface area contributed by atoms with Crippen molar-refractivity contribution in [2.75, 3.05) is 0 Å². The van der Waals surface area contributed by atoms with Crippen LogP contribution in [0.2, 0.25) is 0 Å². The molecule has 4 nitrogen and oxygen atoms in total. The number of rotatable bonds is 1. The lowest BCUT2D eigenvalue weighted by molar-refractivity contribution is -0.643. The monoisotopic (exact) mass is 392 g/mol. The van der Waals surface area contributed by atoms with Gasteiger partial charge in [0, 0.05) is 22.8 Å². The second kappa shape index (κ2) is 5.52. The van der Waals surface area contributed by atoms with E-state index >= 15 is 0 Å². The Bertz CT molecular complexity index is 1710. The summed E-state index contributed by atoms with van der Waals surface area (Å²) < 4.78 is 11.0. The smallest absolute Gasteiger partial charge is 0.228 e. The number of hydrogen-bond donors (Lipinski definition) is 0. The minimum absolute atomic E-state index is 0.241. The molecular formula is C26H22N3O+. The van der Waals surface area contributed by atoms with Gasteiger partial charge in [-0.2, -0.15) is 5.26 Å². The first-order valence-electron chi connectivity index (χ1n) is 10.4. The van der Waals surface area contributed by atoms with E-state index in [1.165, 1.54) is 10.9 Å². The third-order valence-corrected chi connectivity index (χ3v) is 6.75. The second-order valence-corrected chi connectivity index (χ2v) is 8.67. The molecule has 0 N–H and O–H groups in total. The van der Waals surface area contributed by atoms with E-state index in [0.717, 1.165) is 60.7 Å². The number of nitriles is 1. The number of nitrogens with zero attached hydrogens (tertiary/aromatic N) is 3. The van der Waals surface area contributed by atoms with Gasteiger partial charge in [0.15, 0.2) is 6.20 Å². The molecule has 30 heavy (non-hydrogen) atoms. The van der Waals surface area contributed by atoms with Crippen LogP contribution in [-0.4, -0.2) is 4.40 Å². The van der Waals surface area contributed by atoms with Gasteiger partial charge in [-0.3, -0.25) is 0 Å². The summed E-state index contributed by atoms with van der Waals surface area (Å²) in [6, 6.07) is 13.0. The average molecular weight is 392 g/mol. The fourth-order valence-electron chi connectivity index (χ4n) is 5.28. The number of fused-ring (bicyclic) bond motifs is 5. The molecule has 4 heterocycles. The van der Waals surface area contributed by atoms with E-state index in [0.29, 0.717) is 0 Å². The summed E-state index contributed by atoms with van der Waals surface area (Å²) in [5.41, 5.74) is 8.43. The van der Waals surface area contributed by atoms with Gasteiger partial charge >= 0.3 is 0 Å². The Morgan fingerprint density at radius 3 is 2.50 bits per heavy atom. The molecule has 0 bridgehead atoms. The first-order valence-corrected chi connectivity index (χ1v) is 10.4. The molecule has 0 atom stereocenters. The van der Waals surface area contributed by atoms with Crippen molar-refractivity contribution >= 4 is 49.2 Å². The van der Waals surface area contributed by atoms with Gasteiger partial charge in [-0.15, -0.1) is 0 Å². The maximum Gasteiger partial charge on any atom is 0.228 e. The molecule has 6 aromatic rings. The third kappa shape index (κ3) is 1.79. The maximum absolute atomic E-state index is 10.1. The number of pyridine rings is 2. The zero-order chi connectivity index (χ0) is 20.9. The van der Waals surface area contributed by atoms with Crippen LogP contribution in [0.15, 0.2) is 40.9 Å². The highest BCUT2D eigenvalue weighted by molar-refractivity contribution is 6.27. The minimum atomic E-state index is 0.241. The van der Waals surface area contributed by atoms with Crippen molar-refractivity contribution in [3.8, 4) is 6.07 Å². The van der Waals surface area contributed by atoms with Crippen molar-refractivity contribution < 1.29 is 8.98 Å². The molecule has 146 valence electrons. The van der Waals surface area contributed by atoms with E-state index in [2.05, 4.69) is 86.3 Å². The molecule has 0 saturated carbocycles. The molecule has 0 fully saturated rings. The number of para-hydroxylation sites is 1. The number of benzene rings is 2. The molecule has 4 aromatic heterocycles. The van der Waals surface area contributed by atoms with Crippen LogP contribution in [0.4, 0.5) is 0 Å². The van der Waals surface area contributed by atoms with E-state index in [-0.39, 0.29) is 5.92 Å². The molecule has 0 radical (unpaired) electrons. The lowest BCUT2D eigenvalue weighted by Crippen LogP contribution is -2.28. The van der Waals surface area contributed by atoms with Crippen LogP contribution in [0.5, 0.6) is 0 Å². The number of furan rings is 1. The average Bonchev–Trinajstić information content (AvgIpc) is 3.28. The molecule has 0 aliphatic rings. The third-order valence-electron chi connectivity index (χ3n) is 6.75. The fraction of sp³-hybridized carbons (Fsp3) is 0.231. The molecule has 0 amide bonds. The van der Waals surface area contributed by atoms with E-state index in [1.807, 2.05) is 0 Å². The van der Waals surface area contributed by atoms with E-state index in [4.69, 9.17) is 4.42 Å². The Morgan fingerprint density at radius 2 is 1.77 bits per heavy atom. The summed E-state index contributed by atoms with van der Waals surface area (Å²) in [6.45, 7) is 8.56. The van der Waals surface area contributed by atoms with Crippen LogP contribution in [0.25, 0.3) is 49.2 Å². The fourth-order valence-corrected chi connectivity index (χ4v) is 5.28. The summed E-state index contributed by atoms with van der Waals surface area (Å²) >= 11 is 0. The lowest BCUT2D eigenvalue weighted by atomic mass is 9.93. The highest BCUT2D eigenvalue weighted by Gasteiger charge is 2.30. The van der Waals surface area contributed by atoms with E-state index < -0.39 is 0 Å². The Labute approximate surface area is 173 Å². The first-order chi connectivity index (χ1) is 14.5. The van der Waals surface area contributed by atoms with Crippen molar-refractivity contribution in [3.05, 3.63) is 59.0 Å². The summed E-state index contributed by atoms with van der Waals surface area (Å²) in [7, 11) is 2.09. The zero-order valence-corrected chi connectivity index (χ0v) is 17.8. The molecule has 2 aromatic carbocycles. The van der Waals surface area contributed by atoms with Gasteiger partial charge in [-0.25, -0.2) is 4.57 Å². The van der Waals surface area contributed by atoms with Gasteiger partial charge in [0.05, 0.1) is 22.0 Å². The van der Waals surface area contributed by atoms with Gasteiger partial charge in [-0.05, 0) is 31.0 Å². The molecule has 0 spiro atoms. The molecule has 0 saturated heterocycles. The second-order valence-electron chi connectivity index (χ2n) is 8.67. The highest BCUT2D eigenvalue weighted by Crippen LogP contribution is 2.45. The molecule has 0 aliphatic carbocycles. The highest BCUT2D eigenvalue weighted by atomic mass is 16.3. The Kier molecular flexibility index (Phi) is 3.18. The number of aryl methyl sites for hydroxylation is 2. The van der Waals surface area contributed by atoms with Crippen LogP contribution in [0, 0.1) is 25.2 Å². The van der Waals surface area contributed by atoms with Crippen molar-refractivity contribution in [1.82, 2.24) is 4.40 Å². The van der Waals surface area contributed by atoms with Crippen molar-refractivity contribution in [3.63, 3.8) is 0 Å². The standard InChI is InChI=1S/C26H22N3O/c1-13(2)26-25-22-19(30-26)10-11-28(5)23(22)20-15(4)14(3)17(12-27)21-16-8-6-7-9-18(16)29(25)24(20)21/h6-11,13H,1-5H3/q+1. The predicted octanol–water partition coefficient (Wildman–Crippen LogP) is 6.02. The normalized spacial score (nSPS) is 12.4. The quantitative estimate of drug-likeness (QED) is 0.254. The van der Waals surface area contributed by atoms with Gasteiger partial charge in [0.25, 0.3) is 0 Å². The minimum Gasteiger partial charge on any atom is -0.458 e. The van der Waals surface area contributed by atoms with Gasteiger partial charge in [-0.1, -0.05) is 32.0 Å². The summed E-state index contributed by atoms with van der Waals surface area (Å²) in [5.74, 6) is 1.23. The largest absolute Gasteiger partial charge is 0.458 e. The van der Waals surface area contributed by atoms with Crippen LogP contribution < -0.4 is 4.57 Å². The molecule has 4 heteroatoms. The maximum atomic E-state index is 10.1. The van der Waals surface area contributed by atoms with Gasteiger partial charge in [0.1, 0.15) is 35.4 Å². The first kappa shape index (κ1) is 17.3. The van der Waals surface area contributed by atoms with E-state index in [9.17, 15) is 5.26 Å². The Hall–Kier alpha value is -3.58. The number of hydrogen-bond acceptors (Lipinski definition) is 2. The predicted molar refractivity (Wildman–Crippen MR) is 120 cm³/mol. The van der Waals surface area contributed by atoms with Gasteiger partial charge in [0.2, 0.25) is 5.52 Å². The summed E-state index contributed by atoms with van der Waals surface area (Å²) in [5, 5.41) is 14.6. The van der Waals surface area contributed by atoms with E-state index in [1.54, 1.807) is 0 Å². The Morgan fingerprint density at radius 1 is 1.00 bits per heavy atom. The topological polar surface area (TPSA) is 45.2 Å². The van der Waals surface area contributed by atoms with Crippen molar-refractivity contribution in [2.45, 2.75) is 33.6 Å². The molecule has 0 unspecified atom stereocenters. The molecule has 6 rings (SSSR count). The Balaban J connectivity index is 2.17. The van der Waals surface area contributed by atoms with Gasteiger partial charge < -0.3 is 8.82 Å². The lowest BCUT2D eigenvalue weighted by Gasteiger charge is -2.13. The van der Waals surface area contributed by atoms with Crippen LogP contribution >= 0.6 is 0 Å². The SMILES string of the molecule is Cc1c(C#N)c2c3ccccc3n3c4c(C(C)C)oc5cc[n+](C)c(c(c1C)c23)c54. The van der Waals surface area contributed by atoms with Crippen LogP contribution in [0.1, 0.15) is 42.2 Å². The zero-order valence-electron chi connectivity index (χ0n) is 17.8. The summed E-state index contributed by atoms with van der Waals surface area (Å²) in [6.07, 6.45) is 2.08. The van der Waals surface area contributed by atoms with Crippen molar-refractivity contribution in [1.29, 1.82) is 5.26 Å². The molecule has 0 aliphatic heterocycles. The summed E-state index contributed by atoms with van der Waals surface area (Å²) in [4.78, 5) is 0. The number of aromatic nitrogens is 2. The van der Waals surface area contributed by atoms with Crippen LogP contribution in [0.3, 0.4) is 0 Å². The van der Waals surface area contributed by atoms with Crippen LogP contribution in [-0.2, 0) is 7.05 Å². The van der Waals surface area contributed by atoms with Crippen molar-refractivity contribution in [2.24, 2.45) is 7.05 Å².